The SMILES string of the molecule is CNc1ccc(/C=C(\C#N)c2nnc3n2CCCCC3)cc1[N+](=O)[O-]. The third-order valence-corrected chi connectivity index (χ3v) is 4.27. The summed E-state index contributed by atoms with van der Waals surface area (Å²) in [7, 11) is 1.63. The number of aromatic nitrogens is 3. The molecule has 0 aliphatic carbocycles. The van der Waals surface area contributed by atoms with Gasteiger partial charge in [-0.3, -0.25) is 10.1 Å². The fraction of sp³-hybridized carbons (Fsp3) is 0.353. The van der Waals surface area contributed by atoms with Crippen LogP contribution in [-0.4, -0.2) is 26.7 Å². The van der Waals surface area contributed by atoms with Crippen molar-refractivity contribution >= 4 is 23.0 Å². The standard InChI is InChI=1S/C17H18N6O2/c1-19-14-7-6-12(10-15(14)23(24)25)9-13(11-18)17-21-20-16-5-3-2-4-8-22(16)17/h6-7,9-10,19H,2-5,8H2,1H3/b13-9+. The highest BCUT2D eigenvalue weighted by Gasteiger charge is 2.18. The van der Waals surface area contributed by atoms with Gasteiger partial charge in [0, 0.05) is 26.1 Å². The predicted octanol–water partition coefficient (Wildman–Crippen LogP) is 3.02. The minimum atomic E-state index is -0.446. The van der Waals surface area contributed by atoms with Gasteiger partial charge in [-0.05, 0) is 30.5 Å². The average Bonchev–Trinajstić information content (AvgIpc) is 2.87. The van der Waals surface area contributed by atoms with Gasteiger partial charge < -0.3 is 9.88 Å². The molecule has 1 N–H and O–H groups in total. The quantitative estimate of drug-likeness (QED) is 0.521. The molecule has 1 aliphatic rings. The van der Waals surface area contributed by atoms with Gasteiger partial charge in [-0.15, -0.1) is 10.2 Å². The fourth-order valence-corrected chi connectivity index (χ4v) is 3.00. The molecule has 25 heavy (non-hydrogen) atoms. The molecule has 0 fully saturated rings. The number of nitro benzene ring substituents is 1. The number of nitro groups is 1. The maximum atomic E-state index is 11.2. The Morgan fingerprint density at radius 1 is 1.40 bits per heavy atom. The second-order valence-electron chi connectivity index (χ2n) is 5.86. The molecule has 3 rings (SSSR count). The van der Waals surface area contributed by atoms with Crippen LogP contribution in [0.15, 0.2) is 18.2 Å². The zero-order chi connectivity index (χ0) is 17.8. The molecule has 0 radical (unpaired) electrons. The molecule has 0 spiro atoms. The van der Waals surface area contributed by atoms with E-state index in [1.807, 2.05) is 4.57 Å². The largest absolute Gasteiger partial charge is 0.383 e. The van der Waals surface area contributed by atoms with Crippen LogP contribution in [0.3, 0.4) is 0 Å². The topological polar surface area (TPSA) is 110 Å². The van der Waals surface area contributed by atoms with Crippen LogP contribution in [0.2, 0.25) is 0 Å². The van der Waals surface area contributed by atoms with Crippen molar-refractivity contribution in [2.45, 2.75) is 32.2 Å². The number of nitriles is 1. The first-order valence-corrected chi connectivity index (χ1v) is 8.14. The summed E-state index contributed by atoms with van der Waals surface area (Å²) < 4.78 is 1.98. The van der Waals surface area contributed by atoms with Gasteiger partial charge in [-0.2, -0.15) is 5.26 Å². The predicted molar refractivity (Wildman–Crippen MR) is 93.7 cm³/mol. The highest BCUT2D eigenvalue weighted by atomic mass is 16.6. The second-order valence-corrected chi connectivity index (χ2v) is 5.86. The minimum Gasteiger partial charge on any atom is -0.383 e. The first-order chi connectivity index (χ1) is 12.1. The Bertz CT molecular complexity index is 878. The number of fused-ring (bicyclic) bond motifs is 1. The molecule has 2 heterocycles. The number of nitrogens with one attached hydrogen (secondary N) is 1. The molecule has 0 amide bonds. The first-order valence-electron chi connectivity index (χ1n) is 8.14. The Balaban J connectivity index is 2.02. The molecule has 8 heteroatoms. The molecule has 2 aromatic rings. The molecule has 0 saturated carbocycles. The van der Waals surface area contributed by atoms with Crippen LogP contribution in [0.5, 0.6) is 0 Å². The van der Waals surface area contributed by atoms with E-state index in [0.717, 1.165) is 38.1 Å². The fourth-order valence-electron chi connectivity index (χ4n) is 3.00. The molecule has 1 aromatic carbocycles. The van der Waals surface area contributed by atoms with E-state index >= 15 is 0 Å². The molecule has 0 saturated heterocycles. The van der Waals surface area contributed by atoms with Gasteiger partial charge in [-0.1, -0.05) is 12.5 Å². The molecule has 8 nitrogen and oxygen atoms in total. The number of nitrogens with zero attached hydrogens (tertiary/aromatic N) is 5. The Kier molecular flexibility index (Phi) is 4.75. The Morgan fingerprint density at radius 2 is 2.24 bits per heavy atom. The lowest BCUT2D eigenvalue weighted by molar-refractivity contribution is -0.383. The lowest BCUT2D eigenvalue weighted by atomic mass is 10.1. The third-order valence-electron chi connectivity index (χ3n) is 4.27. The maximum Gasteiger partial charge on any atom is 0.292 e. The number of rotatable bonds is 4. The first kappa shape index (κ1) is 16.6. The zero-order valence-corrected chi connectivity index (χ0v) is 13.9. The number of allylic oxidation sites excluding steroid dienone is 1. The van der Waals surface area contributed by atoms with Crippen molar-refractivity contribution in [3.05, 3.63) is 45.5 Å². The normalized spacial score (nSPS) is 14.3. The van der Waals surface area contributed by atoms with Crippen LogP contribution in [-0.2, 0) is 13.0 Å². The monoisotopic (exact) mass is 338 g/mol. The summed E-state index contributed by atoms with van der Waals surface area (Å²) in [4.78, 5) is 10.8. The Hall–Kier alpha value is -3.21. The van der Waals surface area contributed by atoms with Crippen LogP contribution in [0, 0.1) is 21.4 Å². The zero-order valence-electron chi connectivity index (χ0n) is 13.9. The van der Waals surface area contributed by atoms with Gasteiger partial charge in [0.05, 0.1) is 10.5 Å². The number of anilines is 1. The number of hydrogen-bond donors (Lipinski definition) is 1. The lowest BCUT2D eigenvalue weighted by Gasteiger charge is -2.06. The van der Waals surface area contributed by atoms with E-state index in [9.17, 15) is 15.4 Å². The van der Waals surface area contributed by atoms with E-state index < -0.39 is 4.92 Å². The summed E-state index contributed by atoms with van der Waals surface area (Å²) in [5.74, 6) is 1.42. The molecule has 128 valence electrons. The van der Waals surface area contributed by atoms with Gasteiger partial charge in [0.2, 0.25) is 0 Å². The highest BCUT2D eigenvalue weighted by molar-refractivity contribution is 5.88. The molecule has 0 bridgehead atoms. The van der Waals surface area contributed by atoms with E-state index in [1.165, 1.54) is 6.07 Å². The van der Waals surface area contributed by atoms with Gasteiger partial charge in [0.25, 0.3) is 5.69 Å². The van der Waals surface area contributed by atoms with Crippen LogP contribution >= 0.6 is 0 Å². The van der Waals surface area contributed by atoms with Crippen molar-refractivity contribution < 1.29 is 4.92 Å². The maximum absolute atomic E-state index is 11.2. The second kappa shape index (κ2) is 7.13. The Labute approximate surface area is 144 Å². The summed E-state index contributed by atoms with van der Waals surface area (Å²) in [5.41, 5.74) is 1.32. The summed E-state index contributed by atoms with van der Waals surface area (Å²) >= 11 is 0. The summed E-state index contributed by atoms with van der Waals surface area (Å²) in [6, 6.07) is 6.96. The Morgan fingerprint density at radius 3 is 2.96 bits per heavy atom. The smallest absolute Gasteiger partial charge is 0.292 e. The molecule has 1 aromatic heterocycles. The number of benzene rings is 1. The van der Waals surface area contributed by atoms with Crippen molar-refractivity contribution in [1.82, 2.24) is 14.8 Å². The van der Waals surface area contributed by atoms with E-state index in [4.69, 9.17) is 0 Å². The lowest BCUT2D eigenvalue weighted by Crippen LogP contribution is -2.05. The minimum absolute atomic E-state index is 0.0337. The van der Waals surface area contributed by atoms with Gasteiger partial charge in [-0.25, -0.2) is 0 Å². The van der Waals surface area contributed by atoms with Gasteiger partial charge >= 0.3 is 0 Å². The van der Waals surface area contributed by atoms with E-state index in [0.29, 0.717) is 22.6 Å². The summed E-state index contributed by atoms with van der Waals surface area (Å²) in [6.07, 6.45) is 5.70. The van der Waals surface area contributed by atoms with Gasteiger partial charge in [0.15, 0.2) is 5.82 Å². The molecule has 1 aliphatic heterocycles. The summed E-state index contributed by atoms with van der Waals surface area (Å²) in [5, 5.41) is 31.9. The van der Waals surface area contributed by atoms with E-state index in [1.54, 1.807) is 25.3 Å². The van der Waals surface area contributed by atoms with Crippen molar-refractivity contribution in [1.29, 1.82) is 5.26 Å². The van der Waals surface area contributed by atoms with E-state index in [-0.39, 0.29) is 5.69 Å². The van der Waals surface area contributed by atoms with Crippen LogP contribution in [0.25, 0.3) is 11.6 Å². The number of hydrogen-bond acceptors (Lipinski definition) is 6. The molecular weight excluding hydrogens is 320 g/mol. The third kappa shape index (κ3) is 3.35. The van der Waals surface area contributed by atoms with Crippen LogP contribution in [0.4, 0.5) is 11.4 Å². The van der Waals surface area contributed by atoms with Crippen molar-refractivity contribution in [2.75, 3.05) is 12.4 Å². The molecule has 0 atom stereocenters. The molecule has 0 unspecified atom stereocenters. The number of aryl methyl sites for hydroxylation is 1. The van der Waals surface area contributed by atoms with Crippen LogP contribution < -0.4 is 5.32 Å². The van der Waals surface area contributed by atoms with Gasteiger partial charge in [0.1, 0.15) is 17.6 Å². The van der Waals surface area contributed by atoms with Crippen molar-refractivity contribution in [3.63, 3.8) is 0 Å². The average molecular weight is 338 g/mol. The highest BCUT2D eigenvalue weighted by Crippen LogP contribution is 2.27. The van der Waals surface area contributed by atoms with Crippen molar-refractivity contribution in [3.8, 4) is 6.07 Å². The summed E-state index contributed by atoms with van der Waals surface area (Å²) in [6.45, 7) is 0.787. The molecular formula is C17H18N6O2. The van der Waals surface area contributed by atoms with Crippen molar-refractivity contribution in [2.24, 2.45) is 0 Å². The van der Waals surface area contributed by atoms with E-state index in [2.05, 4.69) is 21.6 Å². The van der Waals surface area contributed by atoms with Crippen LogP contribution in [0.1, 0.15) is 36.5 Å².